The molecule has 0 aromatic carbocycles. The van der Waals surface area contributed by atoms with Crippen molar-refractivity contribution in [3.63, 3.8) is 0 Å². The van der Waals surface area contributed by atoms with E-state index in [4.69, 9.17) is 13.9 Å². The van der Waals surface area contributed by atoms with Crippen molar-refractivity contribution in [2.45, 2.75) is 50.5 Å². The molecular formula is C18H26N2O4. The maximum absolute atomic E-state index is 12.4. The van der Waals surface area contributed by atoms with Gasteiger partial charge in [-0.25, -0.2) is 0 Å². The highest BCUT2D eigenvalue weighted by Crippen LogP contribution is 2.35. The Labute approximate surface area is 142 Å². The van der Waals surface area contributed by atoms with Gasteiger partial charge in [0.2, 0.25) is 5.91 Å². The first kappa shape index (κ1) is 16.1. The van der Waals surface area contributed by atoms with Crippen LogP contribution in [0.2, 0.25) is 0 Å². The fraction of sp³-hybridized carbons (Fsp3) is 0.722. The third-order valence-corrected chi connectivity index (χ3v) is 5.60. The summed E-state index contributed by atoms with van der Waals surface area (Å²) < 4.78 is 16.8. The average Bonchev–Trinajstić information content (AvgIpc) is 3.29. The number of nitrogens with zero attached hydrogens (tertiary/aromatic N) is 1. The Morgan fingerprint density at radius 1 is 1.29 bits per heavy atom. The average molecular weight is 334 g/mol. The molecule has 0 aliphatic carbocycles. The predicted octanol–water partition coefficient (Wildman–Crippen LogP) is 1.55. The summed E-state index contributed by atoms with van der Waals surface area (Å²) in [6.07, 6.45) is 5.70. The summed E-state index contributed by atoms with van der Waals surface area (Å²) in [5, 5.41) is 2.92. The quantitative estimate of drug-likeness (QED) is 0.905. The molecule has 3 fully saturated rings. The smallest absolute Gasteiger partial charge is 0.249 e. The number of carbonyl (C=O) groups excluding carboxylic acids is 1. The van der Waals surface area contributed by atoms with Crippen molar-refractivity contribution in [3.8, 4) is 0 Å². The van der Waals surface area contributed by atoms with Crippen molar-refractivity contribution in [1.29, 1.82) is 0 Å². The Morgan fingerprint density at radius 2 is 2.17 bits per heavy atom. The van der Waals surface area contributed by atoms with Gasteiger partial charge in [-0.1, -0.05) is 0 Å². The number of rotatable bonds is 4. The van der Waals surface area contributed by atoms with Gasteiger partial charge >= 0.3 is 0 Å². The lowest BCUT2D eigenvalue weighted by Crippen LogP contribution is -2.49. The first-order valence-corrected chi connectivity index (χ1v) is 9.07. The molecule has 0 bridgehead atoms. The van der Waals surface area contributed by atoms with Crippen LogP contribution in [0, 0.1) is 5.92 Å². The van der Waals surface area contributed by atoms with Crippen LogP contribution in [0.25, 0.3) is 0 Å². The lowest BCUT2D eigenvalue weighted by Gasteiger charge is -2.40. The SMILES string of the molecule is O=C(NCc1ccco1)[C@@H]1C[C@@H]2CCN(C3CCOCC3)C[C@H]2O1. The van der Waals surface area contributed by atoms with E-state index in [1.54, 1.807) is 6.26 Å². The minimum Gasteiger partial charge on any atom is -0.467 e. The van der Waals surface area contributed by atoms with E-state index < -0.39 is 0 Å². The lowest BCUT2D eigenvalue weighted by molar-refractivity contribution is -0.133. The number of furan rings is 1. The molecule has 6 nitrogen and oxygen atoms in total. The van der Waals surface area contributed by atoms with Gasteiger partial charge in [-0.3, -0.25) is 9.69 Å². The van der Waals surface area contributed by atoms with Crippen LogP contribution in [0.5, 0.6) is 0 Å². The van der Waals surface area contributed by atoms with Gasteiger partial charge in [0.05, 0.1) is 18.9 Å². The van der Waals surface area contributed by atoms with Gasteiger partial charge in [0.1, 0.15) is 11.9 Å². The molecule has 4 rings (SSSR count). The van der Waals surface area contributed by atoms with Gasteiger partial charge in [0.25, 0.3) is 0 Å². The highest BCUT2D eigenvalue weighted by Gasteiger charge is 2.43. The van der Waals surface area contributed by atoms with E-state index >= 15 is 0 Å². The molecule has 0 spiro atoms. The number of likely N-dealkylation sites (tertiary alicyclic amines) is 1. The summed E-state index contributed by atoms with van der Waals surface area (Å²) in [4.78, 5) is 14.9. The number of amides is 1. The van der Waals surface area contributed by atoms with Gasteiger partial charge < -0.3 is 19.2 Å². The van der Waals surface area contributed by atoms with Crippen molar-refractivity contribution < 1.29 is 18.7 Å². The van der Waals surface area contributed by atoms with Gasteiger partial charge in [-0.15, -0.1) is 0 Å². The van der Waals surface area contributed by atoms with E-state index in [-0.39, 0.29) is 18.1 Å². The molecule has 0 radical (unpaired) electrons. The zero-order valence-electron chi connectivity index (χ0n) is 14.0. The molecule has 24 heavy (non-hydrogen) atoms. The zero-order chi connectivity index (χ0) is 16.4. The molecular weight excluding hydrogens is 308 g/mol. The standard InChI is InChI=1S/C18H26N2O4/c21-18(19-11-15-2-1-7-23-15)16-10-13-3-6-20(12-17(13)24-16)14-4-8-22-9-5-14/h1-2,7,13-14,16-17H,3-6,8-12H2,(H,19,21)/t13-,16-,17+/m0/s1. The number of hydrogen-bond acceptors (Lipinski definition) is 5. The highest BCUT2D eigenvalue weighted by atomic mass is 16.5. The van der Waals surface area contributed by atoms with E-state index in [2.05, 4.69) is 10.2 Å². The molecule has 1 aromatic heterocycles. The van der Waals surface area contributed by atoms with E-state index in [0.29, 0.717) is 18.5 Å². The minimum absolute atomic E-state index is 0.0154. The second-order valence-corrected chi connectivity index (χ2v) is 7.08. The number of nitrogens with one attached hydrogen (secondary N) is 1. The van der Waals surface area contributed by atoms with Gasteiger partial charge in [0.15, 0.2) is 0 Å². The second kappa shape index (κ2) is 7.25. The van der Waals surface area contributed by atoms with Crippen LogP contribution in [-0.2, 0) is 20.8 Å². The number of fused-ring (bicyclic) bond motifs is 1. The lowest BCUT2D eigenvalue weighted by atomic mass is 9.90. The van der Waals surface area contributed by atoms with Crippen molar-refractivity contribution in [2.24, 2.45) is 5.92 Å². The molecule has 132 valence electrons. The summed E-state index contributed by atoms with van der Waals surface area (Å²) in [5.41, 5.74) is 0. The molecule has 0 unspecified atom stereocenters. The summed E-state index contributed by atoms with van der Waals surface area (Å²) in [6, 6.07) is 4.31. The van der Waals surface area contributed by atoms with E-state index in [1.807, 2.05) is 12.1 Å². The number of hydrogen-bond donors (Lipinski definition) is 1. The third-order valence-electron chi connectivity index (χ3n) is 5.60. The third kappa shape index (κ3) is 3.50. The summed E-state index contributed by atoms with van der Waals surface area (Å²) in [6.45, 7) is 4.24. The first-order chi connectivity index (χ1) is 11.8. The Morgan fingerprint density at radius 3 is 2.96 bits per heavy atom. The largest absolute Gasteiger partial charge is 0.467 e. The van der Waals surface area contributed by atoms with E-state index in [9.17, 15) is 4.79 Å². The van der Waals surface area contributed by atoms with Crippen LogP contribution >= 0.6 is 0 Å². The minimum atomic E-state index is -0.315. The number of carbonyl (C=O) groups is 1. The van der Waals surface area contributed by atoms with Crippen molar-refractivity contribution in [3.05, 3.63) is 24.2 Å². The first-order valence-electron chi connectivity index (χ1n) is 9.07. The highest BCUT2D eigenvalue weighted by molar-refractivity contribution is 5.81. The van der Waals surface area contributed by atoms with E-state index in [0.717, 1.165) is 57.7 Å². The van der Waals surface area contributed by atoms with Crippen LogP contribution in [0.1, 0.15) is 31.4 Å². The summed E-state index contributed by atoms with van der Waals surface area (Å²) >= 11 is 0. The van der Waals surface area contributed by atoms with E-state index in [1.165, 1.54) is 0 Å². The Balaban J connectivity index is 1.28. The van der Waals surface area contributed by atoms with Gasteiger partial charge in [-0.2, -0.15) is 0 Å². The molecule has 1 aromatic rings. The van der Waals surface area contributed by atoms with Crippen LogP contribution in [0.3, 0.4) is 0 Å². The van der Waals surface area contributed by atoms with Crippen molar-refractivity contribution >= 4 is 5.91 Å². The summed E-state index contributed by atoms with van der Waals surface area (Å²) in [7, 11) is 0. The maximum Gasteiger partial charge on any atom is 0.249 e. The number of ether oxygens (including phenoxy) is 2. The topological polar surface area (TPSA) is 63.9 Å². The molecule has 1 amide bonds. The van der Waals surface area contributed by atoms with Crippen LogP contribution < -0.4 is 5.32 Å². The molecule has 1 N–H and O–H groups in total. The zero-order valence-corrected chi connectivity index (χ0v) is 14.0. The molecule has 3 aliphatic rings. The molecule has 3 aliphatic heterocycles. The molecule has 3 atom stereocenters. The van der Waals surface area contributed by atoms with Crippen LogP contribution in [0.4, 0.5) is 0 Å². The fourth-order valence-electron chi connectivity index (χ4n) is 4.21. The number of piperidine rings is 1. The molecule has 0 saturated carbocycles. The summed E-state index contributed by atoms with van der Waals surface area (Å²) in [5.74, 6) is 1.27. The monoisotopic (exact) mass is 334 g/mol. The van der Waals surface area contributed by atoms with Gasteiger partial charge in [-0.05, 0) is 50.3 Å². The van der Waals surface area contributed by atoms with Crippen molar-refractivity contribution in [1.82, 2.24) is 10.2 Å². The Hall–Kier alpha value is -1.37. The molecule has 3 saturated heterocycles. The molecule has 6 heteroatoms. The van der Waals surface area contributed by atoms with Crippen LogP contribution in [-0.4, -0.2) is 55.4 Å². The van der Waals surface area contributed by atoms with Gasteiger partial charge in [0, 0.05) is 25.8 Å². The Bertz CT molecular complexity index is 541. The fourth-order valence-corrected chi connectivity index (χ4v) is 4.21. The maximum atomic E-state index is 12.4. The van der Waals surface area contributed by atoms with Crippen molar-refractivity contribution in [2.75, 3.05) is 26.3 Å². The van der Waals surface area contributed by atoms with Crippen LogP contribution in [0.15, 0.2) is 22.8 Å². The second-order valence-electron chi connectivity index (χ2n) is 7.08. The normalized spacial score (nSPS) is 31.8. The Kier molecular flexibility index (Phi) is 4.87. The predicted molar refractivity (Wildman–Crippen MR) is 87.4 cm³/mol. The molecule has 4 heterocycles.